The number of aromatic nitrogens is 1. The van der Waals surface area contributed by atoms with E-state index in [1.54, 1.807) is 14.0 Å². The molecule has 0 bridgehead atoms. The maximum Gasteiger partial charge on any atom is 0.349 e. The third kappa shape index (κ3) is 2.78. The van der Waals surface area contributed by atoms with Crippen LogP contribution in [0.25, 0.3) is 0 Å². The highest BCUT2D eigenvalue weighted by atomic mass is 32.1. The number of nitrogens with zero attached hydrogens (tertiary/aromatic N) is 1. The lowest BCUT2D eigenvalue weighted by molar-refractivity contribution is 0.0532. The highest BCUT2D eigenvalue weighted by Crippen LogP contribution is 2.14. The number of carbonyl (C=O) groups is 1. The van der Waals surface area contributed by atoms with Crippen molar-refractivity contribution in [2.45, 2.75) is 13.5 Å². The molecule has 1 aromatic rings. The highest BCUT2D eigenvalue weighted by molar-refractivity contribution is 7.13. The fourth-order valence-corrected chi connectivity index (χ4v) is 1.58. The molecule has 1 rings (SSSR count). The standard InChI is InChI=1S/C8H11NO3S/c1-3-12-8(10)6-4-9-7(13-6)5-11-2/h4H,3,5H2,1-2H3. The maximum absolute atomic E-state index is 11.2. The minimum absolute atomic E-state index is 0.317. The van der Waals surface area contributed by atoms with E-state index in [2.05, 4.69) is 4.98 Å². The topological polar surface area (TPSA) is 48.4 Å². The second-order valence-corrected chi connectivity index (χ2v) is 3.39. The lowest BCUT2D eigenvalue weighted by Gasteiger charge is -1.95. The molecule has 0 aliphatic carbocycles. The van der Waals surface area contributed by atoms with Crippen molar-refractivity contribution in [1.82, 2.24) is 4.98 Å². The van der Waals surface area contributed by atoms with Gasteiger partial charge >= 0.3 is 5.97 Å². The Morgan fingerprint density at radius 1 is 1.69 bits per heavy atom. The molecule has 0 radical (unpaired) electrons. The zero-order chi connectivity index (χ0) is 9.68. The summed E-state index contributed by atoms with van der Waals surface area (Å²) in [5.74, 6) is -0.317. The van der Waals surface area contributed by atoms with E-state index in [4.69, 9.17) is 9.47 Å². The number of carbonyl (C=O) groups excluding carboxylic acids is 1. The number of methoxy groups -OCH3 is 1. The summed E-state index contributed by atoms with van der Waals surface area (Å²) >= 11 is 1.29. The molecule has 0 unspecified atom stereocenters. The van der Waals surface area contributed by atoms with Crippen LogP contribution in [0.3, 0.4) is 0 Å². The van der Waals surface area contributed by atoms with Crippen LogP contribution in [0.5, 0.6) is 0 Å². The number of hydrogen-bond donors (Lipinski definition) is 0. The molecule has 1 aromatic heterocycles. The maximum atomic E-state index is 11.2. The Morgan fingerprint density at radius 2 is 2.46 bits per heavy atom. The van der Waals surface area contributed by atoms with Crippen molar-refractivity contribution in [3.8, 4) is 0 Å². The first-order chi connectivity index (χ1) is 6.27. The number of thiazole rings is 1. The Labute approximate surface area is 80.5 Å². The largest absolute Gasteiger partial charge is 0.462 e. The summed E-state index contributed by atoms with van der Waals surface area (Å²) < 4.78 is 9.69. The lowest BCUT2D eigenvalue weighted by Crippen LogP contribution is -2.01. The van der Waals surface area contributed by atoms with Gasteiger partial charge in [0.1, 0.15) is 9.88 Å². The zero-order valence-corrected chi connectivity index (χ0v) is 8.39. The van der Waals surface area contributed by atoms with Crippen molar-refractivity contribution in [2.24, 2.45) is 0 Å². The van der Waals surface area contributed by atoms with E-state index in [9.17, 15) is 4.79 Å². The van der Waals surface area contributed by atoms with E-state index in [0.29, 0.717) is 18.1 Å². The number of ether oxygens (including phenoxy) is 2. The fraction of sp³-hybridized carbons (Fsp3) is 0.500. The number of esters is 1. The first-order valence-electron chi connectivity index (χ1n) is 3.88. The summed E-state index contributed by atoms with van der Waals surface area (Å²) in [6.45, 7) is 2.59. The molecule has 0 aliphatic rings. The molecule has 5 heteroatoms. The van der Waals surface area contributed by atoms with E-state index >= 15 is 0 Å². The highest BCUT2D eigenvalue weighted by Gasteiger charge is 2.10. The summed E-state index contributed by atoms with van der Waals surface area (Å²) in [4.78, 5) is 15.7. The van der Waals surface area contributed by atoms with Crippen LogP contribution >= 0.6 is 11.3 Å². The van der Waals surface area contributed by atoms with Gasteiger partial charge < -0.3 is 9.47 Å². The average Bonchev–Trinajstić information content (AvgIpc) is 2.54. The molecule has 0 amide bonds. The van der Waals surface area contributed by atoms with Crippen LogP contribution < -0.4 is 0 Å². The molecule has 0 fully saturated rings. The van der Waals surface area contributed by atoms with Gasteiger partial charge in [-0.3, -0.25) is 0 Å². The van der Waals surface area contributed by atoms with Gasteiger partial charge in [-0.25, -0.2) is 9.78 Å². The SMILES string of the molecule is CCOC(=O)c1cnc(COC)s1. The van der Waals surface area contributed by atoms with Crippen LogP contribution in [0, 0.1) is 0 Å². The molecule has 72 valence electrons. The van der Waals surface area contributed by atoms with Gasteiger partial charge in [-0.15, -0.1) is 11.3 Å². The Hall–Kier alpha value is -0.940. The molecule has 0 N–H and O–H groups in total. The van der Waals surface area contributed by atoms with Gasteiger partial charge in [0.15, 0.2) is 0 Å². The Balaban J connectivity index is 2.62. The van der Waals surface area contributed by atoms with Crippen molar-refractivity contribution < 1.29 is 14.3 Å². The van der Waals surface area contributed by atoms with Gasteiger partial charge in [0.25, 0.3) is 0 Å². The number of rotatable bonds is 4. The molecule has 4 nitrogen and oxygen atoms in total. The van der Waals surface area contributed by atoms with Crippen molar-refractivity contribution in [1.29, 1.82) is 0 Å². The summed E-state index contributed by atoms with van der Waals surface area (Å²) in [6, 6.07) is 0. The second kappa shape index (κ2) is 4.94. The van der Waals surface area contributed by atoms with Gasteiger partial charge in [-0.05, 0) is 6.92 Å². The summed E-state index contributed by atoms with van der Waals surface area (Å²) in [5, 5.41) is 0.783. The third-order valence-corrected chi connectivity index (χ3v) is 2.25. The Morgan fingerprint density at radius 3 is 3.08 bits per heavy atom. The van der Waals surface area contributed by atoms with Crippen LogP contribution in [-0.4, -0.2) is 24.7 Å². The van der Waals surface area contributed by atoms with Gasteiger partial charge in [-0.2, -0.15) is 0 Å². The summed E-state index contributed by atoms with van der Waals surface area (Å²) in [7, 11) is 1.59. The first-order valence-corrected chi connectivity index (χ1v) is 4.70. The minimum Gasteiger partial charge on any atom is -0.462 e. The smallest absolute Gasteiger partial charge is 0.349 e. The average molecular weight is 201 g/mol. The van der Waals surface area contributed by atoms with E-state index in [0.717, 1.165) is 5.01 Å². The van der Waals surface area contributed by atoms with Crippen LogP contribution in [0.1, 0.15) is 21.6 Å². The monoisotopic (exact) mass is 201 g/mol. The Bertz CT molecular complexity index is 285. The van der Waals surface area contributed by atoms with Crippen molar-refractivity contribution in [2.75, 3.05) is 13.7 Å². The fourth-order valence-electron chi connectivity index (χ4n) is 0.797. The summed E-state index contributed by atoms with van der Waals surface area (Å²) in [5.41, 5.74) is 0. The van der Waals surface area contributed by atoms with Gasteiger partial charge in [-0.1, -0.05) is 0 Å². The predicted octanol–water partition coefficient (Wildman–Crippen LogP) is 1.47. The number of hydrogen-bond acceptors (Lipinski definition) is 5. The molecule has 0 saturated heterocycles. The van der Waals surface area contributed by atoms with Crippen molar-refractivity contribution >= 4 is 17.3 Å². The molecular weight excluding hydrogens is 190 g/mol. The van der Waals surface area contributed by atoms with Crippen molar-refractivity contribution in [3.05, 3.63) is 16.1 Å². The normalized spacial score (nSPS) is 10.0. The third-order valence-electron chi connectivity index (χ3n) is 1.30. The molecule has 0 atom stereocenters. The van der Waals surface area contributed by atoms with E-state index in [1.807, 2.05) is 0 Å². The molecule has 1 heterocycles. The summed E-state index contributed by atoms with van der Waals surface area (Å²) in [6.07, 6.45) is 1.51. The van der Waals surface area contributed by atoms with E-state index < -0.39 is 0 Å². The predicted molar refractivity (Wildman–Crippen MR) is 48.8 cm³/mol. The molecule has 0 aliphatic heterocycles. The molecule has 0 aromatic carbocycles. The van der Waals surface area contributed by atoms with Gasteiger partial charge in [0, 0.05) is 7.11 Å². The van der Waals surface area contributed by atoms with E-state index in [1.165, 1.54) is 17.5 Å². The zero-order valence-electron chi connectivity index (χ0n) is 7.57. The van der Waals surface area contributed by atoms with Crippen LogP contribution in [0.15, 0.2) is 6.20 Å². The van der Waals surface area contributed by atoms with Crippen LogP contribution in [-0.2, 0) is 16.1 Å². The van der Waals surface area contributed by atoms with Gasteiger partial charge in [0.05, 0.1) is 19.4 Å². The quantitative estimate of drug-likeness (QED) is 0.692. The molecule has 0 saturated carbocycles. The minimum atomic E-state index is -0.317. The second-order valence-electron chi connectivity index (χ2n) is 2.27. The molecule has 0 spiro atoms. The Kier molecular flexibility index (Phi) is 3.85. The molecular formula is C8H11NO3S. The van der Waals surface area contributed by atoms with E-state index in [-0.39, 0.29) is 5.97 Å². The van der Waals surface area contributed by atoms with Crippen molar-refractivity contribution in [3.63, 3.8) is 0 Å². The molecule has 13 heavy (non-hydrogen) atoms. The van der Waals surface area contributed by atoms with Gasteiger partial charge in [0.2, 0.25) is 0 Å². The van der Waals surface area contributed by atoms with Crippen LogP contribution in [0.2, 0.25) is 0 Å². The van der Waals surface area contributed by atoms with Crippen LogP contribution in [0.4, 0.5) is 0 Å². The lowest BCUT2D eigenvalue weighted by atomic mass is 10.5. The first kappa shape index (κ1) is 10.1.